The van der Waals surface area contributed by atoms with Crippen molar-refractivity contribution in [2.24, 2.45) is 0 Å². The zero-order valence-electron chi connectivity index (χ0n) is 14.0. The fourth-order valence-corrected chi connectivity index (χ4v) is 2.76. The molecule has 0 atom stereocenters. The topological polar surface area (TPSA) is 66.3 Å². The van der Waals surface area contributed by atoms with Crippen molar-refractivity contribution in [3.63, 3.8) is 0 Å². The van der Waals surface area contributed by atoms with E-state index < -0.39 is 0 Å². The van der Waals surface area contributed by atoms with Gasteiger partial charge in [-0.3, -0.25) is 9.59 Å². The van der Waals surface area contributed by atoms with Crippen LogP contribution >= 0.6 is 0 Å². The summed E-state index contributed by atoms with van der Waals surface area (Å²) in [7, 11) is 0. The van der Waals surface area contributed by atoms with Crippen molar-refractivity contribution in [2.45, 2.75) is 33.4 Å². The number of fused-ring (bicyclic) bond motifs is 1. The fourth-order valence-electron chi connectivity index (χ4n) is 2.76. The molecule has 0 saturated heterocycles. The third-order valence-electron chi connectivity index (χ3n) is 4.12. The van der Waals surface area contributed by atoms with E-state index in [-0.39, 0.29) is 29.8 Å². The van der Waals surface area contributed by atoms with E-state index in [1.54, 1.807) is 17.0 Å². The Morgan fingerprint density at radius 2 is 2.04 bits per heavy atom. The van der Waals surface area contributed by atoms with Gasteiger partial charge in [-0.15, -0.1) is 0 Å². The molecule has 1 amide bonds. The van der Waals surface area contributed by atoms with Crippen LogP contribution in [0.1, 0.15) is 35.5 Å². The lowest BCUT2D eigenvalue weighted by atomic mass is 10.1. The Labute approximate surface area is 139 Å². The van der Waals surface area contributed by atoms with Crippen molar-refractivity contribution in [1.29, 1.82) is 0 Å². The van der Waals surface area contributed by atoms with Gasteiger partial charge in [-0.1, -0.05) is 18.2 Å². The van der Waals surface area contributed by atoms with E-state index in [0.717, 1.165) is 16.5 Å². The Balaban J connectivity index is 1.98. The number of amides is 1. The lowest BCUT2D eigenvalue weighted by Crippen LogP contribution is -2.37. The maximum absolute atomic E-state index is 12.6. The van der Waals surface area contributed by atoms with Gasteiger partial charge in [-0.25, -0.2) is 0 Å². The number of carbonyl (C=O) groups is 1. The molecule has 0 unspecified atom stereocenters. The number of furan rings is 1. The molecular formula is C19H20N2O3. The van der Waals surface area contributed by atoms with Crippen LogP contribution in [0.15, 0.2) is 51.9 Å². The highest BCUT2D eigenvalue weighted by molar-refractivity contribution is 5.91. The highest BCUT2D eigenvalue weighted by atomic mass is 16.3. The summed E-state index contributed by atoms with van der Waals surface area (Å²) in [5.74, 6) is 0.0514. The number of hydrogen-bond donors (Lipinski definition) is 1. The van der Waals surface area contributed by atoms with Crippen LogP contribution in [0, 0.1) is 6.92 Å². The maximum atomic E-state index is 12.6. The number of aromatic amines is 1. The van der Waals surface area contributed by atoms with Crippen molar-refractivity contribution in [2.75, 3.05) is 0 Å². The average Bonchev–Trinajstić information content (AvgIpc) is 3.07. The first-order valence-corrected chi connectivity index (χ1v) is 7.93. The standard InChI is InChI=1S/C19H20N2O3/c1-12(2)21(19(23)16-8-5-9-24-16)11-15-10-14-7-4-6-13(3)17(14)20-18(15)22/h4-10,12H,11H2,1-3H3,(H,20,22). The third-order valence-corrected chi connectivity index (χ3v) is 4.12. The smallest absolute Gasteiger partial charge is 0.290 e. The van der Waals surface area contributed by atoms with E-state index in [0.29, 0.717) is 5.56 Å². The molecule has 2 aromatic heterocycles. The lowest BCUT2D eigenvalue weighted by molar-refractivity contribution is 0.0657. The van der Waals surface area contributed by atoms with E-state index in [4.69, 9.17) is 4.42 Å². The number of para-hydroxylation sites is 1. The molecule has 124 valence electrons. The second kappa shape index (κ2) is 6.35. The number of rotatable bonds is 4. The molecule has 5 heteroatoms. The molecule has 3 aromatic rings. The monoisotopic (exact) mass is 324 g/mol. The predicted octanol–water partition coefficient (Wildman–Crippen LogP) is 3.48. The molecule has 0 spiro atoms. The van der Waals surface area contributed by atoms with Gasteiger partial charge < -0.3 is 14.3 Å². The SMILES string of the molecule is Cc1cccc2cc(CN(C(=O)c3ccco3)C(C)C)c(=O)[nH]c12. The van der Waals surface area contributed by atoms with Crippen LogP contribution in [-0.4, -0.2) is 21.8 Å². The van der Waals surface area contributed by atoms with Crippen LogP contribution in [-0.2, 0) is 6.54 Å². The molecule has 5 nitrogen and oxygen atoms in total. The summed E-state index contributed by atoms with van der Waals surface area (Å²) >= 11 is 0. The number of H-pyrrole nitrogens is 1. The van der Waals surface area contributed by atoms with Crippen LogP contribution < -0.4 is 5.56 Å². The Morgan fingerprint density at radius 1 is 1.25 bits per heavy atom. The summed E-state index contributed by atoms with van der Waals surface area (Å²) in [6.07, 6.45) is 1.47. The first kappa shape index (κ1) is 16.1. The molecule has 0 aliphatic carbocycles. The van der Waals surface area contributed by atoms with Crippen molar-refractivity contribution < 1.29 is 9.21 Å². The number of aromatic nitrogens is 1. The predicted molar refractivity (Wildman–Crippen MR) is 93.0 cm³/mol. The van der Waals surface area contributed by atoms with Crippen LogP contribution in [0.2, 0.25) is 0 Å². The largest absolute Gasteiger partial charge is 0.459 e. The summed E-state index contributed by atoms with van der Waals surface area (Å²) in [5, 5.41) is 0.957. The second-order valence-corrected chi connectivity index (χ2v) is 6.17. The van der Waals surface area contributed by atoms with Crippen molar-refractivity contribution in [3.8, 4) is 0 Å². The molecule has 0 saturated carbocycles. The van der Waals surface area contributed by atoms with Crippen molar-refractivity contribution >= 4 is 16.8 Å². The van der Waals surface area contributed by atoms with Gasteiger partial charge in [0.2, 0.25) is 0 Å². The Morgan fingerprint density at radius 3 is 2.71 bits per heavy atom. The summed E-state index contributed by atoms with van der Waals surface area (Å²) in [6, 6.07) is 11.0. The minimum Gasteiger partial charge on any atom is -0.459 e. The molecule has 0 aliphatic rings. The molecule has 2 heterocycles. The summed E-state index contributed by atoms with van der Waals surface area (Å²) < 4.78 is 5.20. The van der Waals surface area contributed by atoms with Gasteiger partial charge in [0.1, 0.15) is 0 Å². The zero-order chi connectivity index (χ0) is 17.3. The number of benzene rings is 1. The number of nitrogens with zero attached hydrogens (tertiary/aromatic N) is 1. The van der Waals surface area contributed by atoms with Crippen LogP contribution in [0.4, 0.5) is 0 Å². The van der Waals surface area contributed by atoms with Gasteiger partial charge in [0, 0.05) is 11.6 Å². The normalized spacial score (nSPS) is 11.2. The van der Waals surface area contributed by atoms with Gasteiger partial charge >= 0.3 is 0 Å². The van der Waals surface area contributed by atoms with E-state index in [9.17, 15) is 9.59 Å². The van der Waals surface area contributed by atoms with Gasteiger partial charge in [-0.2, -0.15) is 0 Å². The summed E-state index contributed by atoms with van der Waals surface area (Å²) in [6.45, 7) is 6.02. The van der Waals surface area contributed by atoms with Crippen molar-refractivity contribution in [3.05, 3.63) is 69.9 Å². The van der Waals surface area contributed by atoms with E-state index in [2.05, 4.69) is 4.98 Å². The number of hydrogen-bond acceptors (Lipinski definition) is 3. The highest BCUT2D eigenvalue weighted by Crippen LogP contribution is 2.17. The fraction of sp³-hybridized carbons (Fsp3) is 0.263. The Kier molecular flexibility index (Phi) is 4.25. The highest BCUT2D eigenvalue weighted by Gasteiger charge is 2.22. The van der Waals surface area contributed by atoms with E-state index in [1.165, 1.54) is 6.26 Å². The third kappa shape index (κ3) is 2.97. The summed E-state index contributed by atoms with van der Waals surface area (Å²) in [4.78, 5) is 29.6. The molecular weight excluding hydrogens is 304 g/mol. The number of aryl methyl sites for hydroxylation is 1. The number of pyridine rings is 1. The number of carbonyl (C=O) groups excluding carboxylic acids is 1. The molecule has 0 fully saturated rings. The molecule has 24 heavy (non-hydrogen) atoms. The lowest BCUT2D eigenvalue weighted by Gasteiger charge is -2.25. The summed E-state index contributed by atoms with van der Waals surface area (Å²) in [5.41, 5.74) is 2.24. The first-order valence-electron chi connectivity index (χ1n) is 7.93. The van der Waals surface area contributed by atoms with Crippen LogP contribution in [0.5, 0.6) is 0 Å². The van der Waals surface area contributed by atoms with E-state index >= 15 is 0 Å². The molecule has 0 bridgehead atoms. The molecule has 1 N–H and O–H groups in total. The molecule has 0 radical (unpaired) electrons. The van der Waals surface area contributed by atoms with Gasteiger partial charge in [-0.05, 0) is 49.9 Å². The van der Waals surface area contributed by atoms with Gasteiger partial charge in [0.15, 0.2) is 5.76 Å². The average molecular weight is 324 g/mol. The first-order chi connectivity index (χ1) is 11.5. The Hall–Kier alpha value is -2.82. The van der Waals surface area contributed by atoms with Crippen molar-refractivity contribution in [1.82, 2.24) is 9.88 Å². The number of nitrogens with one attached hydrogen (secondary N) is 1. The molecule has 1 aromatic carbocycles. The van der Waals surface area contributed by atoms with Crippen LogP contribution in [0.25, 0.3) is 10.9 Å². The quantitative estimate of drug-likeness (QED) is 0.799. The van der Waals surface area contributed by atoms with E-state index in [1.807, 2.05) is 45.0 Å². The molecule has 0 aliphatic heterocycles. The second-order valence-electron chi connectivity index (χ2n) is 6.17. The minimum absolute atomic E-state index is 0.0600. The molecule has 3 rings (SSSR count). The van der Waals surface area contributed by atoms with Gasteiger partial charge in [0.05, 0.1) is 18.3 Å². The van der Waals surface area contributed by atoms with Gasteiger partial charge in [0.25, 0.3) is 11.5 Å². The maximum Gasteiger partial charge on any atom is 0.290 e. The minimum atomic E-state index is -0.223. The van der Waals surface area contributed by atoms with Crippen LogP contribution in [0.3, 0.4) is 0 Å². The zero-order valence-corrected chi connectivity index (χ0v) is 14.0. The Bertz CT molecular complexity index is 923.